The highest BCUT2D eigenvalue weighted by Crippen LogP contribution is 2.61. The fourth-order valence-electron chi connectivity index (χ4n) is 6.29. The molecule has 2 aromatic rings. The molecule has 6 nitrogen and oxygen atoms in total. The number of hydrogen-bond acceptors (Lipinski definition) is 4. The Balaban J connectivity index is 1.23. The summed E-state index contributed by atoms with van der Waals surface area (Å²) in [4.78, 5) is 14.0. The van der Waals surface area contributed by atoms with Crippen LogP contribution in [0, 0.1) is 23.2 Å². The molecule has 142 valence electrons. The molecule has 6 heteroatoms. The summed E-state index contributed by atoms with van der Waals surface area (Å²) >= 11 is 0. The minimum Gasteiger partial charge on any atom is -0.351 e. The van der Waals surface area contributed by atoms with E-state index >= 15 is 0 Å². The fourth-order valence-corrected chi connectivity index (χ4v) is 6.29. The topological polar surface area (TPSA) is 72.7 Å². The number of nitrogens with one attached hydrogen (secondary N) is 1. The van der Waals surface area contributed by atoms with Crippen molar-refractivity contribution in [2.75, 3.05) is 0 Å². The van der Waals surface area contributed by atoms with Gasteiger partial charge in [-0.05, 0) is 73.8 Å². The maximum atomic E-state index is 12.6. The molecule has 1 atom stereocenters. The van der Waals surface area contributed by atoms with E-state index in [2.05, 4.69) is 27.7 Å². The van der Waals surface area contributed by atoms with Crippen LogP contribution in [0.15, 0.2) is 30.3 Å². The lowest BCUT2D eigenvalue weighted by atomic mass is 9.48. The average Bonchev–Trinajstić information content (AvgIpc) is 3.09. The largest absolute Gasteiger partial charge is 0.351 e. The van der Waals surface area contributed by atoms with Crippen LogP contribution in [0.3, 0.4) is 0 Å². The molecular weight excluding hydrogens is 338 g/mol. The van der Waals surface area contributed by atoms with Crippen molar-refractivity contribution in [3.8, 4) is 11.4 Å². The van der Waals surface area contributed by atoms with Crippen LogP contribution < -0.4 is 5.32 Å². The van der Waals surface area contributed by atoms with E-state index in [0.717, 1.165) is 23.3 Å². The molecule has 4 saturated carbocycles. The number of carbonyl (C=O) groups excluding carboxylic acids is 1. The third kappa shape index (κ3) is 3.15. The highest BCUT2D eigenvalue weighted by atomic mass is 16.2. The van der Waals surface area contributed by atoms with Crippen LogP contribution in [0.1, 0.15) is 45.4 Å². The molecular formula is C21H27N5O. The Hall–Kier alpha value is -2.24. The van der Waals surface area contributed by atoms with Gasteiger partial charge < -0.3 is 5.32 Å². The predicted molar refractivity (Wildman–Crippen MR) is 101 cm³/mol. The van der Waals surface area contributed by atoms with Gasteiger partial charge >= 0.3 is 0 Å². The molecule has 4 aliphatic rings. The summed E-state index contributed by atoms with van der Waals surface area (Å²) in [6, 6.07) is 9.93. The van der Waals surface area contributed by atoms with Gasteiger partial charge in [-0.25, -0.2) is 0 Å². The zero-order valence-electron chi connectivity index (χ0n) is 15.8. The van der Waals surface area contributed by atoms with Gasteiger partial charge in [0.15, 0.2) is 0 Å². The second-order valence-corrected chi connectivity index (χ2v) is 9.08. The first-order valence-electron chi connectivity index (χ1n) is 10.2. The van der Waals surface area contributed by atoms with Gasteiger partial charge in [0.25, 0.3) is 0 Å². The Morgan fingerprint density at radius 2 is 1.78 bits per heavy atom. The molecule has 1 aromatic carbocycles. The van der Waals surface area contributed by atoms with Crippen molar-refractivity contribution < 1.29 is 4.79 Å². The second kappa shape index (κ2) is 6.43. The van der Waals surface area contributed by atoms with Crippen molar-refractivity contribution in [2.45, 2.75) is 58.0 Å². The standard InChI is InChI=1S/C21H27N5O/c1-14(21-10-15-7-16(11-21)9-17(8-15)12-21)22-19(27)13-26-24-20(23-25-26)18-5-3-2-4-6-18/h2-6,14-17H,7-13H2,1H3,(H,22,27). The first-order chi connectivity index (χ1) is 13.1. The smallest absolute Gasteiger partial charge is 0.243 e. The van der Waals surface area contributed by atoms with Crippen LogP contribution in [0.2, 0.25) is 0 Å². The molecule has 4 bridgehead atoms. The van der Waals surface area contributed by atoms with Gasteiger partial charge in [-0.1, -0.05) is 30.3 Å². The van der Waals surface area contributed by atoms with Gasteiger partial charge in [-0.2, -0.15) is 4.80 Å². The minimum absolute atomic E-state index is 0.0183. The number of amides is 1. The molecule has 27 heavy (non-hydrogen) atoms. The quantitative estimate of drug-likeness (QED) is 0.884. The maximum absolute atomic E-state index is 12.6. The zero-order chi connectivity index (χ0) is 18.4. The van der Waals surface area contributed by atoms with Gasteiger partial charge in [0.05, 0.1) is 0 Å². The molecule has 1 amide bonds. The Bertz CT molecular complexity index is 795. The normalized spacial score (nSPS) is 32.4. The van der Waals surface area contributed by atoms with Crippen LogP contribution in [0.4, 0.5) is 0 Å². The minimum atomic E-state index is -0.0183. The number of aromatic nitrogens is 4. The highest BCUT2D eigenvalue weighted by Gasteiger charge is 2.53. The summed E-state index contributed by atoms with van der Waals surface area (Å²) in [5.41, 5.74) is 1.22. The predicted octanol–water partition coefficient (Wildman–Crippen LogP) is 3.06. The summed E-state index contributed by atoms with van der Waals surface area (Å²) in [6.45, 7) is 2.33. The fraction of sp³-hybridized carbons (Fsp3) is 0.619. The van der Waals surface area contributed by atoms with E-state index in [1.165, 1.54) is 43.3 Å². The van der Waals surface area contributed by atoms with E-state index in [1.807, 2.05) is 30.3 Å². The molecule has 0 saturated heterocycles. The number of tetrazole rings is 1. The SMILES string of the molecule is CC(NC(=O)Cn1nnc(-c2ccccc2)n1)C12CC3CC(CC(C3)C1)C2. The van der Waals surface area contributed by atoms with E-state index in [4.69, 9.17) is 0 Å². The first kappa shape index (κ1) is 16.9. The molecule has 0 radical (unpaired) electrons. The second-order valence-electron chi connectivity index (χ2n) is 9.08. The molecule has 1 aromatic heterocycles. The molecule has 1 unspecified atom stereocenters. The molecule has 1 N–H and O–H groups in total. The van der Waals surface area contributed by atoms with E-state index < -0.39 is 0 Å². The number of hydrogen-bond donors (Lipinski definition) is 1. The third-order valence-electron chi connectivity index (χ3n) is 7.15. The van der Waals surface area contributed by atoms with E-state index in [1.54, 1.807) is 0 Å². The van der Waals surface area contributed by atoms with Crippen LogP contribution >= 0.6 is 0 Å². The third-order valence-corrected chi connectivity index (χ3v) is 7.15. The maximum Gasteiger partial charge on any atom is 0.243 e. The molecule has 4 fully saturated rings. The Morgan fingerprint density at radius 1 is 1.15 bits per heavy atom. The summed E-state index contributed by atoms with van der Waals surface area (Å²) in [6.07, 6.45) is 8.14. The summed E-state index contributed by atoms with van der Waals surface area (Å²) in [5.74, 6) is 3.20. The van der Waals surface area contributed by atoms with E-state index in [-0.39, 0.29) is 18.5 Å². The van der Waals surface area contributed by atoms with Crippen molar-refractivity contribution in [3.05, 3.63) is 30.3 Å². The monoisotopic (exact) mass is 365 g/mol. The van der Waals surface area contributed by atoms with Gasteiger partial charge in [-0.3, -0.25) is 4.79 Å². The van der Waals surface area contributed by atoms with Crippen LogP contribution in [-0.2, 0) is 11.3 Å². The van der Waals surface area contributed by atoms with Gasteiger partial charge in [0.1, 0.15) is 6.54 Å². The summed E-state index contributed by atoms with van der Waals surface area (Å²) in [5, 5.41) is 15.7. The van der Waals surface area contributed by atoms with Crippen molar-refractivity contribution >= 4 is 5.91 Å². The van der Waals surface area contributed by atoms with Gasteiger partial charge in [-0.15, -0.1) is 10.2 Å². The first-order valence-corrected chi connectivity index (χ1v) is 10.2. The number of benzene rings is 1. The zero-order valence-corrected chi connectivity index (χ0v) is 15.8. The summed E-state index contributed by atoms with van der Waals surface area (Å²) < 4.78 is 0. The van der Waals surface area contributed by atoms with Crippen molar-refractivity contribution in [1.29, 1.82) is 0 Å². The Morgan fingerprint density at radius 3 is 2.41 bits per heavy atom. The van der Waals surface area contributed by atoms with Gasteiger partial charge in [0, 0.05) is 11.6 Å². The van der Waals surface area contributed by atoms with E-state index in [9.17, 15) is 4.79 Å². The molecule has 4 aliphatic carbocycles. The van der Waals surface area contributed by atoms with E-state index in [0.29, 0.717) is 11.2 Å². The Kier molecular flexibility index (Phi) is 4.02. The molecule has 6 rings (SSSR count). The average molecular weight is 365 g/mol. The molecule has 0 aliphatic heterocycles. The number of nitrogens with zero attached hydrogens (tertiary/aromatic N) is 4. The van der Waals surface area contributed by atoms with Crippen LogP contribution in [0.5, 0.6) is 0 Å². The van der Waals surface area contributed by atoms with Crippen LogP contribution in [-0.4, -0.2) is 32.2 Å². The van der Waals surface area contributed by atoms with Crippen molar-refractivity contribution in [2.24, 2.45) is 23.2 Å². The highest BCUT2D eigenvalue weighted by molar-refractivity contribution is 5.76. The lowest BCUT2D eigenvalue weighted by Gasteiger charge is -2.59. The number of rotatable bonds is 5. The van der Waals surface area contributed by atoms with Gasteiger partial charge in [0.2, 0.25) is 11.7 Å². The molecule has 0 spiro atoms. The summed E-state index contributed by atoms with van der Waals surface area (Å²) in [7, 11) is 0. The Labute approximate surface area is 159 Å². The number of carbonyl (C=O) groups is 1. The van der Waals surface area contributed by atoms with Crippen molar-refractivity contribution in [1.82, 2.24) is 25.5 Å². The lowest BCUT2D eigenvalue weighted by Crippen LogP contribution is -2.56. The van der Waals surface area contributed by atoms with Crippen LogP contribution in [0.25, 0.3) is 11.4 Å². The van der Waals surface area contributed by atoms with Crippen molar-refractivity contribution in [3.63, 3.8) is 0 Å². The molecule has 1 heterocycles. The lowest BCUT2D eigenvalue weighted by molar-refractivity contribution is -0.126.